The Labute approximate surface area is 148 Å². The number of likely N-dealkylation sites (tertiary alicyclic amines) is 2. The Kier molecular flexibility index (Phi) is 6.18. The molecule has 1 aromatic carbocycles. The van der Waals surface area contributed by atoms with E-state index < -0.39 is 0 Å². The van der Waals surface area contributed by atoms with Crippen molar-refractivity contribution in [3.8, 4) is 0 Å². The van der Waals surface area contributed by atoms with Crippen LogP contribution in [0.4, 0.5) is 5.69 Å². The van der Waals surface area contributed by atoms with Crippen molar-refractivity contribution in [3.63, 3.8) is 0 Å². The first kappa shape index (κ1) is 17.8. The lowest BCUT2D eigenvalue weighted by atomic mass is 9.97. The van der Waals surface area contributed by atoms with Crippen molar-refractivity contribution < 1.29 is 0 Å². The molecule has 0 radical (unpaired) electrons. The molecule has 3 heteroatoms. The van der Waals surface area contributed by atoms with E-state index in [1.54, 1.807) is 0 Å². The van der Waals surface area contributed by atoms with Gasteiger partial charge in [-0.15, -0.1) is 0 Å². The van der Waals surface area contributed by atoms with Gasteiger partial charge in [0.05, 0.1) is 0 Å². The molecule has 2 heterocycles. The fraction of sp³-hybridized carbons (Fsp3) is 0.714. The Balaban J connectivity index is 1.52. The van der Waals surface area contributed by atoms with Crippen LogP contribution in [0.25, 0.3) is 0 Å². The van der Waals surface area contributed by atoms with Crippen LogP contribution in [0.15, 0.2) is 24.3 Å². The third-order valence-corrected chi connectivity index (χ3v) is 5.92. The van der Waals surface area contributed by atoms with Crippen LogP contribution in [-0.4, -0.2) is 54.6 Å². The SMILES string of the molecule is CCN1CCC(N2CCC[C@H](Nc3ccc(C(C)C)cc3)C2)CC1. The van der Waals surface area contributed by atoms with E-state index in [0.717, 1.165) is 6.04 Å². The summed E-state index contributed by atoms with van der Waals surface area (Å²) < 4.78 is 0. The van der Waals surface area contributed by atoms with Gasteiger partial charge in [0.1, 0.15) is 0 Å². The van der Waals surface area contributed by atoms with Gasteiger partial charge in [-0.25, -0.2) is 0 Å². The molecule has 0 spiro atoms. The molecular weight excluding hydrogens is 294 g/mol. The maximum atomic E-state index is 3.78. The molecule has 134 valence electrons. The summed E-state index contributed by atoms with van der Waals surface area (Å²) in [7, 11) is 0. The van der Waals surface area contributed by atoms with Gasteiger partial charge in [-0.05, 0) is 75.5 Å². The second kappa shape index (κ2) is 8.35. The average molecular weight is 330 g/mol. The van der Waals surface area contributed by atoms with Crippen molar-refractivity contribution in [3.05, 3.63) is 29.8 Å². The number of piperidine rings is 2. The first-order chi connectivity index (χ1) is 11.7. The number of nitrogens with zero attached hydrogens (tertiary/aromatic N) is 2. The summed E-state index contributed by atoms with van der Waals surface area (Å²) in [6.07, 6.45) is 5.33. The largest absolute Gasteiger partial charge is 0.381 e. The van der Waals surface area contributed by atoms with E-state index in [9.17, 15) is 0 Å². The van der Waals surface area contributed by atoms with Gasteiger partial charge >= 0.3 is 0 Å². The van der Waals surface area contributed by atoms with Crippen LogP contribution in [0.2, 0.25) is 0 Å². The maximum absolute atomic E-state index is 3.78. The zero-order valence-electron chi connectivity index (χ0n) is 15.8. The van der Waals surface area contributed by atoms with E-state index in [-0.39, 0.29) is 0 Å². The predicted molar refractivity (Wildman–Crippen MR) is 104 cm³/mol. The third-order valence-electron chi connectivity index (χ3n) is 5.92. The number of anilines is 1. The molecule has 0 aromatic heterocycles. The van der Waals surface area contributed by atoms with Crippen LogP contribution in [0.1, 0.15) is 57.9 Å². The highest BCUT2D eigenvalue weighted by atomic mass is 15.2. The van der Waals surface area contributed by atoms with Crippen molar-refractivity contribution in [1.29, 1.82) is 0 Å². The fourth-order valence-corrected chi connectivity index (χ4v) is 4.26. The van der Waals surface area contributed by atoms with Gasteiger partial charge in [-0.1, -0.05) is 32.9 Å². The van der Waals surface area contributed by atoms with Gasteiger partial charge < -0.3 is 10.2 Å². The molecule has 2 fully saturated rings. The van der Waals surface area contributed by atoms with Crippen molar-refractivity contribution in [1.82, 2.24) is 9.80 Å². The van der Waals surface area contributed by atoms with Crippen LogP contribution in [0.3, 0.4) is 0 Å². The van der Waals surface area contributed by atoms with E-state index in [0.29, 0.717) is 12.0 Å². The van der Waals surface area contributed by atoms with E-state index >= 15 is 0 Å². The predicted octanol–water partition coefficient (Wildman–Crippen LogP) is 4.17. The van der Waals surface area contributed by atoms with E-state index in [1.165, 1.54) is 69.7 Å². The molecule has 2 aliphatic rings. The Hall–Kier alpha value is -1.06. The normalized spacial score (nSPS) is 24.4. The summed E-state index contributed by atoms with van der Waals surface area (Å²) in [4.78, 5) is 5.35. The topological polar surface area (TPSA) is 18.5 Å². The molecule has 0 bridgehead atoms. The minimum absolute atomic E-state index is 0.604. The van der Waals surface area contributed by atoms with Gasteiger partial charge in [-0.3, -0.25) is 4.90 Å². The molecule has 1 N–H and O–H groups in total. The highest BCUT2D eigenvalue weighted by Gasteiger charge is 2.28. The average Bonchev–Trinajstić information content (AvgIpc) is 2.62. The fourth-order valence-electron chi connectivity index (χ4n) is 4.26. The summed E-state index contributed by atoms with van der Waals surface area (Å²) in [5.74, 6) is 0.609. The molecule has 0 unspecified atom stereocenters. The Morgan fingerprint density at radius 3 is 2.38 bits per heavy atom. The number of hydrogen-bond acceptors (Lipinski definition) is 3. The van der Waals surface area contributed by atoms with Crippen LogP contribution < -0.4 is 5.32 Å². The summed E-state index contributed by atoms with van der Waals surface area (Å²) >= 11 is 0. The zero-order valence-corrected chi connectivity index (χ0v) is 15.8. The van der Waals surface area contributed by atoms with Gasteiger partial charge in [-0.2, -0.15) is 0 Å². The molecule has 2 saturated heterocycles. The standard InChI is InChI=1S/C21H35N3/c1-4-23-14-11-21(12-15-23)24-13-5-6-20(16-24)22-19-9-7-18(8-10-19)17(2)3/h7-10,17,20-22H,4-6,11-16H2,1-3H3/t20-/m0/s1. The lowest BCUT2D eigenvalue weighted by Gasteiger charge is -2.42. The van der Waals surface area contributed by atoms with Gasteiger partial charge in [0, 0.05) is 24.3 Å². The maximum Gasteiger partial charge on any atom is 0.0389 e. The molecule has 2 aliphatic heterocycles. The van der Waals surface area contributed by atoms with Crippen molar-refractivity contribution in [2.75, 3.05) is 38.0 Å². The van der Waals surface area contributed by atoms with E-state index in [1.807, 2.05) is 0 Å². The number of hydrogen-bond donors (Lipinski definition) is 1. The summed E-state index contributed by atoms with van der Waals surface area (Å²) in [5.41, 5.74) is 2.71. The molecule has 24 heavy (non-hydrogen) atoms. The molecule has 1 aromatic rings. The highest BCUT2D eigenvalue weighted by molar-refractivity contribution is 5.46. The van der Waals surface area contributed by atoms with Gasteiger partial charge in [0.25, 0.3) is 0 Å². The van der Waals surface area contributed by atoms with Crippen molar-refractivity contribution in [2.24, 2.45) is 0 Å². The molecule has 1 atom stereocenters. The molecule has 0 amide bonds. The lowest BCUT2D eigenvalue weighted by molar-refractivity contribution is 0.0906. The minimum atomic E-state index is 0.604. The number of rotatable bonds is 5. The summed E-state index contributed by atoms with van der Waals surface area (Å²) in [6, 6.07) is 10.5. The van der Waals surface area contributed by atoms with Crippen molar-refractivity contribution in [2.45, 2.75) is 64.5 Å². The Morgan fingerprint density at radius 2 is 1.75 bits per heavy atom. The van der Waals surface area contributed by atoms with Crippen LogP contribution in [0.5, 0.6) is 0 Å². The van der Waals surface area contributed by atoms with Gasteiger partial charge in [0.2, 0.25) is 0 Å². The quantitative estimate of drug-likeness (QED) is 0.874. The number of nitrogens with one attached hydrogen (secondary N) is 1. The minimum Gasteiger partial charge on any atom is -0.381 e. The smallest absolute Gasteiger partial charge is 0.0389 e. The van der Waals surface area contributed by atoms with Gasteiger partial charge in [0.15, 0.2) is 0 Å². The van der Waals surface area contributed by atoms with E-state index in [2.05, 4.69) is 60.2 Å². The lowest BCUT2D eigenvalue weighted by Crippen LogP contribution is -2.51. The molecule has 3 nitrogen and oxygen atoms in total. The first-order valence-electron chi connectivity index (χ1n) is 9.98. The summed E-state index contributed by atoms with van der Waals surface area (Å²) in [5, 5.41) is 3.78. The third kappa shape index (κ3) is 4.52. The first-order valence-corrected chi connectivity index (χ1v) is 9.98. The Morgan fingerprint density at radius 1 is 1.04 bits per heavy atom. The molecule has 0 saturated carbocycles. The highest BCUT2D eigenvalue weighted by Crippen LogP contribution is 2.24. The van der Waals surface area contributed by atoms with Crippen LogP contribution in [0, 0.1) is 0 Å². The molecule has 3 rings (SSSR count). The monoisotopic (exact) mass is 329 g/mol. The van der Waals surface area contributed by atoms with E-state index in [4.69, 9.17) is 0 Å². The molecular formula is C21H35N3. The van der Waals surface area contributed by atoms with Crippen LogP contribution >= 0.6 is 0 Å². The summed E-state index contributed by atoms with van der Waals surface area (Å²) in [6.45, 7) is 13.1. The molecule has 0 aliphatic carbocycles. The second-order valence-electron chi connectivity index (χ2n) is 7.92. The zero-order chi connectivity index (χ0) is 16.9. The number of benzene rings is 1. The second-order valence-corrected chi connectivity index (χ2v) is 7.92. The van der Waals surface area contributed by atoms with Crippen molar-refractivity contribution >= 4 is 5.69 Å². The Bertz CT molecular complexity index is 488. The van der Waals surface area contributed by atoms with Crippen LogP contribution in [-0.2, 0) is 0 Å².